The lowest BCUT2D eigenvalue weighted by atomic mass is 10.0. The van der Waals surface area contributed by atoms with Gasteiger partial charge < -0.3 is 9.47 Å². The summed E-state index contributed by atoms with van der Waals surface area (Å²) in [5, 5.41) is 0. The number of esters is 1. The normalized spacial score (nSPS) is 9.82. The summed E-state index contributed by atoms with van der Waals surface area (Å²) in [6, 6.07) is 3.41. The molecule has 1 aromatic rings. The molecule has 0 unspecified atom stereocenters. The van der Waals surface area contributed by atoms with E-state index in [4.69, 9.17) is 9.47 Å². The predicted molar refractivity (Wildman–Crippen MR) is 63.5 cm³/mol. The lowest BCUT2D eigenvalue weighted by molar-refractivity contribution is -0.142. The molecule has 0 fully saturated rings. The van der Waals surface area contributed by atoms with Crippen molar-refractivity contribution in [3.63, 3.8) is 0 Å². The third kappa shape index (κ3) is 3.31. The second kappa shape index (κ2) is 6.03. The maximum absolute atomic E-state index is 11.4. The second-order valence-electron chi connectivity index (χ2n) is 3.62. The molecule has 92 valence electrons. The SMILES string of the molecule is CCOC(=O)Cc1cc(C)c(OC)cc1C=O. The first-order valence-corrected chi connectivity index (χ1v) is 5.40. The van der Waals surface area contributed by atoms with E-state index in [1.807, 2.05) is 6.92 Å². The molecule has 0 saturated carbocycles. The average Bonchev–Trinajstić information content (AvgIpc) is 2.29. The highest BCUT2D eigenvalue weighted by molar-refractivity contribution is 5.82. The Morgan fingerprint density at radius 3 is 2.65 bits per heavy atom. The summed E-state index contributed by atoms with van der Waals surface area (Å²) in [6.45, 7) is 3.95. The first kappa shape index (κ1) is 13.2. The number of rotatable bonds is 5. The van der Waals surface area contributed by atoms with Gasteiger partial charge in [-0.2, -0.15) is 0 Å². The Balaban J connectivity index is 3.02. The van der Waals surface area contributed by atoms with Gasteiger partial charge in [0.15, 0.2) is 0 Å². The molecule has 17 heavy (non-hydrogen) atoms. The third-order valence-corrected chi connectivity index (χ3v) is 2.42. The van der Waals surface area contributed by atoms with E-state index in [9.17, 15) is 9.59 Å². The molecule has 0 N–H and O–H groups in total. The Kier molecular flexibility index (Phi) is 4.69. The zero-order valence-electron chi connectivity index (χ0n) is 10.3. The number of hydrogen-bond acceptors (Lipinski definition) is 4. The fourth-order valence-corrected chi connectivity index (χ4v) is 1.61. The molecule has 0 aliphatic heterocycles. The van der Waals surface area contributed by atoms with Crippen LogP contribution < -0.4 is 4.74 Å². The Morgan fingerprint density at radius 1 is 1.41 bits per heavy atom. The fraction of sp³-hybridized carbons (Fsp3) is 0.385. The largest absolute Gasteiger partial charge is 0.496 e. The lowest BCUT2D eigenvalue weighted by Crippen LogP contribution is -2.09. The molecular formula is C13H16O4. The number of aldehydes is 1. The van der Waals surface area contributed by atoms with Crippen molar-refractivity contribution in [2.45, 2.75) is 20.3 Å². The molecule has 0 amide bonds. The minimum Gasteiger partial charge on any atom is -0.496 e. The topological polar surface area (TPSA) is 52.6 Å². The van der Waals surface area contributed by atoms with Gasteiger partial charge in [-0.05, 0) is 31.0 Å². The van der Waals surface area contributed by atoms with Crippen LogP contribution in [0.4, 0.5) is 0 Å². The van der Waals surface area contributed by atoms with E-state index in [1.54, 1.807) is 26.2 Å². The van der Waals surface area contributed by atoms with Gasteiger partial charge >= 0.3 is 5.97 Å². The minimum absolute atomic E-state index is 0.104. The van der Waals surface area contributed by atoms with E-state index < -0.39 is 0 Å². The van der Waals surface area contributed by atoms with Gasteiger partial charge in [0.1, 0.15) is 12.0 Å². The molecule has 0 atom stereocenters. The number of carbonyl (C=O) groups is 2. The molecule has 0 spiro atoms. The van der Waals surface area contributed by atoms with Crippen LogP contribution in [0.25, 0.3) is 0 Å². The smallest absolute Gasteiger partial charge is 0.310 e. The van der Waals surface area contributed by atoms with E-state index in [0.29, 0.717) is 23.5 Å². The Labute approximate surface area is 101 Å². The Hall–Kier alpha value is -1.84. The van der Waals surface area contributed by atoms with Crippen LogP contribution in [0.3, 0.4) is 0 Å². The van der Waals surface area contributed by atoms with Crippen molar-refractivity contribution in [1.29, 1.82) is 0 Å². The third-order valence-electron chi connectivity index (χ3n) is 2.42. The summed E-state index contributed by atoms with van der Waals surface area (Å²) >= 11 is 0. The van der Waals surface area contributed by atoms with Gasteiger partial charge in [0, 0.05) is 5.56 Å². The number of hydrogen-bond donors (Lipinski definition) is 0. The molecule has 0 bridgehead atoms. The van der Waals surface area contributed by atoms with Crippen molar-refractivity contribution in [1.82, 2.24) is 0 Å². The van der Waals surface area contributed by atoms with Crippen LogP contribution in [0.2, 0.25) is 0 Å². The molecular weight excluding hydrogens is 220 g/mol. The van der Waals surface area contributed by atoms with Gasteiger partial charge in [0.25, 0.3) is 0 Å². The first-order valence-electron chi connectivity index (χ1n) is 5.40. The molecule has 0 aromatic heterocycles. The molecule has 0 aliphatic carbocycles. The van der Waals surface area contributed by atoms with Crippen LogP contribution in [-0.4, -0.2) is 26.0 Å². The van der Waals surface area contributed by atoms with Crippen LogP contribution >= 0.6 is 0 Å². The van der Waals surface area contributed by atoms with Crippen LogP contribution in [0.15, 0.2) is 12.1 Å². The van der Waals surface area contributed by atoms with Crippen molar-refractivity contribution < 1.29 is 19.1 Å². The van der Waals surface area contributed by atoms with Crippen LogP contribution in [0, 0.1) is 6.92 Å². The van der Waals surface area contributed by atoms with Gasteiger partial charge in [-0.15, -0.1) is 0 Å². The number of carbonyl (C=O) groups excluding carboxylic acids is 2. The van der Waals surface area contributed by atoms with Gasteiger partial charge in [0.05, 0.1) is 20.1 Å². The number of ether oxygens (including phenoxy) is 2. The summed E-state index contributed by atoms with van der Waals surface area (Å²) in [7, 11) is 1.54. The highest BCUT2D eigenvalue weighted by Gasteiger charge is 2.11. The summed E-state index contributed by atoms with van der Waals surface area (Å²) in [5.74, 6) is 0.305. The monoisotopic (exact) mass is 236 g/mol. The minimum atomic E-state index is -0.333. The summed E-state index contributed by atoms with van der Waals surface area (Å²) < 4.78 is 9.98. The Morgan fingerprint density at radius 2 is 2.12 bits per heavy atom. The molecule has 0 aliphatic rings. The zero-order valence-corrected chi connectivity index (χ0v) is 10.3. The Bertz CT molecular complexity index is 424. The molecule has 4 heteroatoms. The maximum atomic E-state index is 11.4. The summed E-state index contributed by atoms with van der Waals surface area (Å²) in [6.07, 6.45) is 0.823. The zero-order chi connectivity index (χ0) is 12.8. The quantitative estimate of drug-likeness (QED) is 0.579. The van der Waals surface area contributed by atoms with Crippen molar-refractivity contribution >= 4 is 12.3 Å². The van der Waals surface area contributed by atoms with E-state index >= 15 is 0 Å². The van der Waals surface area contributed by atoms with Gasteiger partial charge in [0.2, 0.25) is 0 Å². The summed E-state index contributed by atoms with van der Waals surface area (Å²) in [4.78, 5) is 22.3. The number of methoxy groups -OCH3 is 1. The van der Waals surface area contributed by atoms with E-state index in [2.05, 4.69) is 0 Å². The van der Waals surface area contributed by atoms with Crippen molar-refractivity contribution in [2.24, 2.45) is 0 Å². The molecule has 1 aromatic carbocycles. The van der Waals surface area contributed by atoms with Crippen molar-refractivity contribution in [2.75, 3.05) is 13.7 Å². The van der Waals surface area contributed by atoms with Crippen LogP contribution in [0.1, 0.15) is 28.4 Å². The van der Waals surface area contributed by atoms with Gasteiger partial charge in [-0.25, -0.2) is 0 Å². The van der Waals surface area contributed by atoms with Gasteiger partial charge in [-0.1, -0.05) is 6.07 Å². The molecule has 1 rings (SSSR count). The van der Waals surface area contributed by atoms with Gasteiger partial charge in [-0.3, -0.25) is 9.59 Å². The lowest BCUT2D eigenvalue weighted by Gasteiger charge is -2.10. The average molecular weight is 236 g/mol. The molecule has 0 heterocycles. The predicted octanol–water partition coefficient (Wildman–Crippen LogP) is 1.92. The highest BCUT2D eigenvalue weighted by atomic mass is 16.5. The van der Waals surface area contributed by atoms with E-state index in [-0.39, 0.29) is 12.4 Å². The van der Waals surface area contributed by atoms with Crippen molar-refractivity contribution in [3.05, 3.63) is 28.8 Å². The fourth-order valence-electron chi connectivity index (χ4n) is 1.61. The van der Waals surface area contributed by atoms with Crippen LogP contribution in [0.5, 0.6) is 5.75 Å². The second-order valence-corrected chi connectivity index (χ2v) is 3.62. The molecule has 4 nitrogen and oxygen atoms in total. The van der Waals surface area contributed by atoms with E-state index in [1.165, 1.54) is 0 Å². The van der Waals surface area contributed by atoms with Crippen LogP contribution in [-0.2, 0) is 16.0 Å². The highest BCUT2D eigenvalue weighted by Crippen LogP contribution is 2.22. The maximum Gasteiger partial charge on any atom is 0.310 e. The standard InChI is InChI=1S/C13H16O4/c1-4-17-13(15)7-10-5-9(2)12(16-3)6-11(10)8-14/h5-6,8H,4,7H2,1-3H3. The van der Waals surface area contributed by atoms with Crippen molar-refractivity contribution in [3.8, 4) is 5.75 Å². The molecule has 0 radical (unpaired) electrons. The number of benzene rings is 1. The van der Waals surface area contributed by atoms with E-state index in [0.717, 1.165) is 11.8 Å². The molecule has 0 saturated heterocycles. The summed E-state index contributed by atoms with van der Waals surface area (Å²) in [5.41, 5.74) is 2.01. The number of aryl methyl sites for hydroxylation is 1. The first-order chi connectivity index (χ1) is 8.12.